The number of hydrogen-bond donors (Lipinski definition) is 2. The van der Waals surface area contributed by atoms with Crippen LogP contribution in [0.2, 0.25) is 0 Å². The van der Waals surface area contributed by atoms with Gasteiger partial charge in [0.05, 0.1) is 10.8 Å². The van der Waals surface area contributed by atoms with Gasteiger partial charge in [-0.05, 0) is 26.0 Å². The van der Waals surface area contributed by atoms with Crippen LogP contribution in [0.1, 0.15) is 31.9 Å². The van der Waals surface area contributed by atoms with E-state index in [0.29, 0.717) is 25.1 Å². The van der Waals surface area contributed by atoms with E-state index in [1.165, 1.54) is 13.2 Å². The quantitative estimate of drug-likeness (QED) is 0.761. The third-order valence-corrected chi connectivity index (χ3v) is 9.64. The molecule has 1 aromatic heterocycles. The van der Waals surface area contributed by atoms with Gasteiger partial charge >= 0.3 is 0 Å². The van der Waals surface area contributed by atoms with E-state index in [9.17, 15) is 16.8 Å². The van der Waals surface area contributed by atoms with Crippen molar-refractivity contribution in [3.63, 3.8) is 0 Å². The van der Waals surface area contributed by atoms with Crippen LogP contribution >= 0.6 is 11.3 Å². The van der Waals surface area contributed by atoms with Crippen molar-refractivity contribution in [2.24, 2.45) is 5.14 Å². The number of thiophene rings is 1. The van der Waals surface area contributed by atoms with Crippen LogP contribution in [0.5, 0.6) is 0 Å². The Labute approximate surface area is 134 Å². The molecule has 0 bridgehead atoms. The van der Waals surface area contributed by atoms with Crippen molar-refractivity contribution in [3.8, 4) is 0 Å². The predicted octanol–water partition coefficient (Wildman–Crippen LogP) is 0.629. The summed E-state index contributed by atoms with van der Waals surface area (Å²) in [6.07, 6.45) is 0.315. The number of nitrogens with two attached hydrogens (primary N) is 1. The number of sulfone groups is 1. The van der Waals surface area contributed by atoms with Crippen LogP contribution in [0, 0.1) is 0 Å². The van der Waals surface area contributed by atoms with E-state index in [2.05, 4.69) is 5.32 Å². The number of nitrogens with one attached hydrogen (secondary N) is 1. The fourth-order valence-corrected chi connectivity index (χ4v) is 7.62. The van der Waals surface area contributed by atoms with Gasteiger partial charge in [-0.15, -0.1) is 11.3 Å². The van der Waals surface area contributed by atoms with E-state index >= 15 is 0 Å². The second-order valence-corrected chi connectivity index (χ2v) is 10.8. The van der Waals surface area contributed by atoms with Crippen LogP contribution in [-0.4, -0.2) is 41.8 Å². The molecule has 1 aliphatic heterocycles. The van der Waals surface area contributed by atoms with Gasteiger partial charge in [0.2, 0.25) is 10.0 Å². The van der Waals surface area contributed by atoms with Crippen molar-refractivity contribution in [3.05, 3.63) is 11.6 Å². The minimum absolute atomic E-state index is 0.0843. The maximum Gasteiger partial charge on any atom is 0.247 e. The van der Waals surface area contributed by atoms with E-state index in [-0.39, 0.29) is 8.42 Å². The van der Waals surface area contributed by atoms with Crippen LogP contribution in [0.3, 0.4) is 0 Å². The Bertz CT molecular complexity index is 769. The molecule has 0 fully saturated rings. The summed E-state index contributed by atoms with van der Waals surface area (Å²) in [5.74, 6) is 0. The van der Waals surface area contributed by atoms with Gasteiger partial charge in [-0.1, -0.05) is 6.92 Å². The van der Waals surface area contributed by atoms with Crippen molar-refractivity contribution >= 4 is 31.2 Å². The first-order valence-electron chi connectivity index (χ1n) is 6.73. The molecule has 126 valence electrons. The van der Waals surface area contributed by atoms with E-state index in [4.69, 9.17) is 9.88 Å². The largest absolute Gasteiger partial charge is 0.385 e. The van der Waals surface area contributed by atoms with Crippen molar-refractivity contribution in [2.75, 3.05) is 20.3 Å². The first-order chi connectivity index (χ1) is 10.1. The number of ether oxygens (including phenoxy) is 1. The normalized spacial score (nSPS) is 27.0. The third-order valence-electron chi connectivity index (χ3n) is 3.97. The number of hydrogen-bond acceptors (Lipinski definition) is 7. The Morgan fingerprint density at radius 3 is 2.64 bits per heavy atom. The summed E-state index contributed by atoms with van der Waals surface area (Å²) in [5.41, 5.74) is 0.481. The molecular formula is C12H20N2O5S3. The smallest absolute Gasteiger partial charge is 0.247 e. The minimum Gasteiger partial charge on any atom is -0.385 e. The Kier molecular flexibility index (Phi) is 4.73. The van der Waals surface area contributed by atoms with Crippen molar-refractivity contribution in [2.45, 2.75) is 39.5 Å². The molecule has 0 aliphatic carbocycles. The fraction of sp³-hybridized carbons (Fsp3) is 0.667. The van der Waals surface area contributed by atoms with Gasteiger partial charge in [-0.2, -0.15) is 0 Å². The standard InChI is InChI=1S/C12H20N2O5S3/c1-4-14-10-8-7-9(22(13,17)18)20-11(8)21(15,16)12(10,2)5-6-19-3/h7,10,14H,4-6H2,1-3H3,(H2,13,17,18). The Hall–Kier alpha value is -0.520. The molecule has 2 unspecified atom stereocenters. The highest BCUT2D eigenvalue weighted by Gasteiger charge is 2.56. The second-order valence-electron chi connectivity index (χ2n) is 5.40. The molecule has 10 heteroatoms. The molecule has 1 aliphatic rings. The summed E-state index contributed by atoms with van der Waals surface area (Å²) in [7, 11) is -6.08. The Morgan fingerprint density at radius 1 is 1.50 bits per heavy atom. The van der Waals surface area contributed by atoms with Crippen LogP contribution in [0.15, 0.2) is 14.5 Å². The molecule has 0 spiro atoms. The zero-order valence-electron chi connectivity index (χ0n) is 12.6. The van der Waals surface area contributed by atoms with Gasteiger partial charge < -0.3 is 10.1 Å². The highest BCUT2D eigenvalue weighted by atomic mass is 32.3. The number of sulfonamides is 1. The number of methoxy groups -OCH3 is 1. The average molecular weight is 369 g/mol. The summed E-state index contributed by atoms with van der Waals surface area (Å²) in [6.45, 7) is 4.39. The SMILES string of the molecule is CCNC1c2cc(S(N)(=O)=O)sc2S(=O)(=O)C1(C)CCOC. The molecule has 0 radical (unpaired) electrons. The monoisotopic (exact) mass is 368 g/mol. The maximum absolute atomic E-state index is 12.9. The van der Waals surface area contributed by atoms with Crippen molar-refractivity contribution in [1.29, 1.82) is 0 Å². The van der Waals surface area contributed by atoms with E-state index < -0.39 is 30.6 Å². The average Bonchev–Trinajstić information content (AvgIpc) is 2.91. The Balaban J connectivity index is 2.61. The molecule has 1 aromatic rings. The van der Waals surface area contributed by atoms with Gasteiger partial charge in [-0.25, -0.2) is 22.0 Å². The van der Waals surface area contributed by atoms with Gasteiger partial charge in [0.1, 0.15) is 8.42 Å². The molecule has 0 aromatic carbocycles. The van der Waals surface area contributed by atoms with E-state index in [1.807, 2.05) is 6.92 Å². The molecule has 22 heavy (non-hydrogen) atoms. The molecule has 0 amide bonds. The number of rotatable bonds is 6. The minimum atomic E-state index is -3.92. The van der Waals surface area contributed by atoms with Gasteiger partial charge in [0.15, 0.2) is 9.84 Å². The van der Waals surface area contributed by atoms with Crippen LogP contribution in [0.4, 0.5) is 0 Å². The zero-order valence-corrected chi connectivity index (χ0v) is 15.1. The molecule has 0 saturated carbocycles. The third kappa shape index (κ3) is 2.61. The van der Waals surface area contributed by atoms with Gasteiger partial charge in [0.25, 0.3) is 0 Å². The lowest BCUT2D eigenvalue weighted by molar-refractivity contribution is 0.177. The fourth-order valence-electron chi connectivity index (χ4n) is 2.73. The molecule has 7 nitrogen and oxygen atoms in total. The molecular weight excluding hydrogens is 348 g/mol. The summed E-state index contributed by atoms with van der Waals surface area (Å²) in [5, 5.41) is 8.28. The Morgan fingerprint density at radius 2 is 2.14 bits per heavy atom. The lowest BCUT2D eigenvalue weighted by atomic mass is 9.93. The molecule has 2 heterocycles. The lowest BCUT2D eigenvalue weighted by Gasteiger charge is -2.31. The van der Waals surface area contributed by atoms with Crippen molar-refractivity contribution < 1.29 is 21.6 Å². The summed E-state index contributed by atoms with van der Waals surface area (Å²) in [6, 6.07) is 0.887. The van der Waals surface area contributed by atoms with Gasteiger partial charge in [0, 0.05) is 19.3 Å². The number of fused-ring (bicyclic) bond motifs is 1. The molecule has 0 saturated heterocycles. The van der Waals surface area contributed by atoms with Crippen LogP contribution in [-0.2, 0) is 24.6 Å². The van der Waals surface area contributed by atoms with E-state index in [1.54, 1.807) is 6.92 Å². The highest BCUT2D eigenvalue weighted by molar-refractivity contribution is 7.96. The number of primary sulfonamides is 1. The summed E-state index contributed by atoms with van der Waals surface area (Å²) < 4.78 is 52.8. The van der Waals surface area contributed by atoms with Crippen LogP contribution < -0.4 is 10.5 Å². The molecule has 2 atom stereocenters. The second kappa shape index (κ2) is 5.84. The summed E-state index contributed by atoms with van der Waals surface area (Å²) >= 11 is 0.719. The van der Waals surface area contributed by atoms with Crippen LogP contribution in [0.25, 0.3) is 0 Å². The lowest BCUT2D eigenvalue weighted by Crippen LogP contribution is -2.43. The molecule has 2 rings (SSSR count). The maximum atomic E-state index is 12.9. The predicted molar refractivity (Wildman–Crippen MR) is 84.2 cm³/mol. The first kappa shape index (κ1) is 17.8. The zero-order chi connectivity index (χ0) is 16.8. The summed E-state index contributed by atoms with van der Waals surface area (Å²) in [4.78, 5) is 0. The highest BCUT2D eigenvalue weighted by Crippen LogP contribution is 2.52. The van der Waals surface area contributed by atoms with E-state index in [0.717, 1.165) is 11.3 Å². The molecule has 3 N–H and O–H groups in total. The first-order valence-corrected chi connectivity index (χ1v) is 10.6. The van der Waals surface area contributed by atoms with Gasteiger partial charge in [-0.3, -0.25) is 0 Å². The topological polar surface area (TPSA) is 116 Å². The van der Waals surface area contributed by atoms with Crippen molar-refractivity contribution in [1.82, 2.24) is 5.32 Å².